The lowest BCUT2D eigenvalue weighted by Crippen LogP contribution is -2.18. The summed E-state index contributed by atoms with van der Waals surface area (Å²) in [7, 11) is 0. The van der Waals surface area contributed by atoms with Crippen molar-refractivity contribution < 1.29 is 29.2 Å². The predicted molar refractivity (Wildman–Crippen MR) is 247 cm³/mol. The van der Waals surface area contributed by atoms with Crippen LogP contribution in [0.15, 0.2) is 111 Å². The minimum Gasteiger partial charge on any atom is -0.488 e. The number of nitrogens with one attached hydrogen (secondary N) is 2. The highest BCUT2D eigenvalue weighted by molar-refractivity contribution is 5.73. The number of hydrogen-bond donors (Lipinski definition) is 4. The Morgan fingerprint density at radius 3 is 1.38 bits per heavy atom. The second-order valence-corrected chi connectivity index (χ2v) is 14.9. The number of aliphatic hydroxyl groups excluding tert-OH is 2. The Morgan fingerprint density at radius 1 is 0.562 bits per heavy atom. The van der Waals surface area contributed by atoms with Crippen molar-refractivity contribution in [2.45, 2.75) is 53.4 Å². The molecular weight excluding hydrogens is 805 g/mol. The Hall–Kier alpha value is -7.32. The van der Waals surface area contributed by atoms with Crippen LogP contribution in [0.5, 0.6) is 23.0 Å². The van der Waals surface area contributed by atoms with Crippen molar-refractivity contribution in [1.29, 1.82) is 10.5 Å². The maximum Gasteiger partial charge on any atom is 0.130 e. The molecule has 12 heteroatoms. The smallest absolute Gasteiger partial charge is 0.130 e. The van der Waals surface area contributed by atoms with Gasteiger partial charge in [0.1, 0.15) is 61.6 Å². The van der Waals surface area contributed by atoms with Gasteiger partial charge in [-0.1, -0.05) is 61.7 Å². The molecule has 0 atom stereocenters. The third kappa shape index (κ3) is 12.0. The zero-order chi connectivity index (χ0) is 45.3. The molecule has 0 bridgehead atoms. The maximum atomic E-state index is 9.37. The number of aromatic nitrogens is 2. The largest absolute Gasteiger partial charge is 0.488 e. The van der Waals surface area contributed by atoms with Gasteiger partial charge in [0, 0.05) is 96.5 Å². The highest BCUT2D eigenvalue weighted by Gasteiger charge is 2.17. The minimum absolute atomic E-state index is 0.00363. The Kier molecular flexibility index (Phi) is 16.8. The number of nitrogens with zero attached hydrogens (tertiary/aromatic N) is 4. The van der Waals surface area contributed by atoms with Crippen LogP contribution in [0.2, 0.25) is 0 Å². The van der Waals surface area contributed by atoms with Crippen LogP contribution in [0.4, 0.5) is 0 Å². The lowest BCUT2D eigenvalue weighted by molar-refractivity contribution is 0.282. The monoisotopic (exact) mass is 856 g/mol. The fourth-order valence-electron chi connectivity index (χ4n) is 7.12. The van der Waals surface area contributed by atoms with Gasteiger partial charge in [0.15, 0.2) is 0 Å². The molecule has 4 N–H and O–H groups in total. The number of pyridine rings is 2. The van der Waals surface area contributed by atoms with Crippen molar-refractivity contribution in [2.75, 3.05) is 26.3 Å². The molecule has 0 saturated heterocycles. The van der Waals surface area contributed by atoms with E-state index in [4.69, 9.17) is 18.9 Å². The number of rotatable bonds is 23. The summed E-state index contributed by atoms with van der Waals surface area (Å²) in [6.45, 7) is 15.0. The number of hydrogen-bond acceptors (Lipinski definition) is 12. The van der Waals surface area contributed by atoms with Gasteiger partial charge in [-0.05, 0) is 71.5 Å². The lowest BCUT2D eigenvalue weighted by Gasteiger charge is -2.19. The molecule has 0 spiro atoms. The van der Waals surface area contributed by atoms with E-state index in [9.17, 15) is 20.7 Å². The van der Waals surface area contributed by atoms with Gasteiger partial charge in [-0.3, -0.25) is 9.97 Å². The topological polar surface area (TPSA) is 175 Å². The van der Waals surface area contributed by atoms with Gasteiger partial charge < -0.3 is 39.8 Å². The molecule has 0 saturated carbocycles. The van der Waals surface area contributed by atoms with Crippen LogP contribution >= 0.6 is 0 Å². The summed E-state index contributed by atoms with van der Waals surface area (Å²) in [5.74, 6) is 2.41. The highest BCUT2D eigenvalue weighted by atomic mass is 16.5. The fraction of sp³-hybridized carbons (Fsp3) is 0.231. The lowest BCUT2D eigenvalue weighted by atomic mass is 9.92. The van der Waals surface area contributed by atoms with Crippen LogP contribution in [-0.4, -0.2) is 46.5 Å². The van der Waals surface area contributed by atoms with Crippen LogP contribution in [0, 0.1) is 36.5 Å². The van der Waals surface area contributed by atoms with E-state index in [1.54, 1.807) is 36.7 Å². The molecule has 2 heterocycles. The summed E-state index contributed by atoms with van der Waals surface area (Å²) in [5, 5.41) is 43.9. The second-order valence-electron chi connectivity index (χ2n) is 14.9. The average Bonchev–Trinajstić information content (AvgIpc) is 3.32. The predicted octanol–water partition coefficient (Wildman–Crippen LogP) is 8.27. The number of nitriles is 2. The molecule has 0 aliphatic carbocycles. The first-order valence-corrected chi connectivity index (χ1v) is 20.9. The van der Waals surface area contributed by atoms with Crippen LogP contribution in [0.3, 0.4) is 0 Å². The van der Waals surface area contributed by atoms with Gasteiger partial charge in [-0.2, -0.15) is 10.5 Å². The standard InChI is InChI=1S/C52H52N6O6/c1-5-41-19-45(29-55-13-15-59)51(61-31-39-17-37(23-53)25-57-27-39)21-49(41)63-33-43-9-7-11-47(35(43)3)48-12-8-10-44(36(48)4)34-64-50-22-52(46(20-42(50)6-2)30-56-14-16-60)62-32-40-18-38(24-54)26-58-28-40/h5-12,17-22,25-28,55-56,59-60H,1-2,13-16,29-34H2,3-4H3. The summed E-state index contributed by atoms with van der Waals surface area (Å²) < 4.78 is 25.6. The van der Waals surface area contributed by atoms with Gasteiger partial charge in [0.2, 0.25) is 0 Å². The summed E-state index contributed by atoms with van der Waals surface area (Å²) in [5.41, 5.74) is 12.1. The molecule has 0 amide bonds. The van der Waals surface area contributed by atoms with Gasteiger partial charge >= 0.3 is 0 Å². The summed E-state index contributed by atoms with van der Waals surface area (Å²) in [4.78, 5) is 8.31. The average molecular weight is 857 g/mol. The highest BCUT2D eigenvalue weighted by Crippen LogP contribution is 2.36. The summed E-state index contributed by atoms with van der Waals surface area (Å²) in [6.07, 6.45) is 9.86. The van der Waals surface area contributed by atoms with Gasteiger partial charge in [-0.15, -0.1) is 0 Å². The van der Waals surface area contributed by atoms with Gasteiger partial charge in [0.05, 0.1) is 24.3 Å². The molecular formula is C52H52N6O6. The summed E-state index contributed by atoms with van der Waals surface area (Å²) in [6, 6.07) is 27.8. The van der Waals surface area contributed by atoms with Crippen molar-refractivity contribution in [1.82, 2.24) is 20.6 Å². The van der Waals surface area contributed by atoms with E-state index >= 15 is 0 Å². The molecule has 326 valence electrons. The molecule has 12 nitrogen and oxygen atoms in total. The van der Waals surface area contributed by atoms with Gasteiger partial charge in [0.25, 0.3) is 0 Å². The number of aliphatic hydroxyl groups is 2. The first-order valence-electron chi connectivity index (χ1n) is 20.9. The van der Waals surface area contributed by atoms with E-state index in [1.165, 1.54) is 12.4 Å². The Balaban J connectivity index is 1.21. The molecule has 64 heavy (non-hydrogen) atoms. The quantitative estimate of drug-likeness (QED) is 0.0455. The normalized spacial score (nSPS) is 10.7. The molecule has 0 unspecified atom stereocenters. The third-order valence-electron chi connectivity index (χ3n) is 10.6. The van der Waals surface area contributed by atoms with E-state index < -0.39 is 0 Å². The van der Waals surface area contributed by atoms with Crippen LogP contribution in [0.25, 0.3) is 23.3 Å². The van der Waals surface area contributed by atoms with E-state index in [1.807, 2.05) is 36.4 Å². The van der Waals surface area contributed by atoms with E-state index in [0.29, 0.717) is 73.5 Å². The molecule has 0 aliphatic heterocycles. The molecule has 6 rings (SSSR count). The van der Waals surface area contributed by atoms with Crippen molar-refractivity contribution in [2.24, 2.45) is 0 Å². The molecule has 4 aromatic carbocycles. The first kappa shape index (κ1) is 46.2. The zero-order valence-corrected chi connectivity index (χ0v) is 36.2. The molecule has 2 aromatic heterocycles. The SMILES string of the molecule is C=Cc1cc(CNCCO)c(OCc2cncc(C#N)c2)cc1OCc1cccc(-c2cccc(COc3cc(OCc4cncc(C#N)c4)c(CNCCO)cc3C=C)c2C)c1C. The van der Waals surface area contributed by atoms with Gasteiger partial charge in [-0.25, -0.2) is 0 Å². The summed E-state index contributed by atoms with van der Waals surface area (Å²) >= 11 is 0. The minimum atomic E-state index is 0.00363. The Bertz CT molecular complexity index is 2490. The number of ether oxygens (including phenoxy) is 4. The van der Waals surface area contributed by atoms with E-state index in [-0.39, 0.29) is 26.4 Å². The van der Waals surface area contributed by atoms with Crippen LogP contribution in [-0.2, 0) is 39.5 Å². The first-order chi connectivity index (χ1) is 31.3. The maximum absolute atomic E-state index is 9.37. The Morgan fingerprint density at radius 2 is 0.984 bits per heavy atom. The van der Waals surface area contributed by atoms with Crippen LogP contribution < -0.4 is 29.6 Å². The molecule has 0 aliphatic rings. The molecule has 0 fully saturated rings. The van der Waals surface area contributed by atoms with Crippen LogP contribution in [0.1, 0.15) is 66.8 Å². The molecule has 0 radical (unpaired) electrons. The molecule has 6 aromatic rings. The third-order valence-corrected chi connectivity index (χ3v) is 10.6. The fourth-order valence-corrected chi connectivity index (χ4v) is 7.12. The van der Waals surface area contributed by atoms with Crippen molar-refractivity contribution >= 4 is 12.2 Å². The second kappa shape index (κ2) is 23.2. The zero-order valence-electron chi connectivity index (χ0n) is 36.2. The van der Waals surface area contributed by atoms with Crippen molar-refractivity contribution in [3.05, 3.63) is 178 Å². The van der Waals surface area contributed by atoms with Crippen molar-refractivity contribution in [3.8, 4) is 46.3 Å². The van der Waals surface area contributed by atoms with E-state index in [2.05, 4.69) is 84.0 Å². The van der Waals surface area contributed by atoms with E-state index in [0.717, 1.165) is 66.8 Å². The Labute approximate surface area is 374 Å². The number of benzene rings is 4. The van der Waals surface area contributed by atoms with Crippen molar-refractivity contribution in [3.63, 3.8) is 0 Å².